The van der Waals surface area contributed by atoms with Crippen molar-refractivity contribution in [1.82, 2.24) is 0 Å². The SMILES string of the molecule is Cc1ccc(NC(=O)Nc2ccc(C)c(C(=O)Nc3ccc4ccc(S(=O)(=O)O)cc4c3O)c2)cc1C(=O)Nc1ccc2ccc(S(=O)(=O)O)cc2c1O. The molecule has 8 N–H and O–H groups in total. The summed E-state index contributed by atoms with van der Waals surface area (Å²) in [6, 6.07) is 21.6. The van der Waals surface area contributed by atoms with E-state index in [0.29, 0.717) is 21.9 Å². The monoisotopic (exact) mass is 770 g/mol. The van der Waals surface area contributed by atoms with Crippen LogP contribution in [0.3, 0.4) is 0 Å². The van der Waals surface area contributed by atoms with E-state index in [1.54, 1.807) is 50.2 Å². The minimum atomic E-state index is -4.55. The molecule has 0 aliphatic carbocycles. The van der Waals surface area contributed by atoms with Gasteiger partial charge >= 0.3 is 6.03 Å². The van der Waals surface area contributed by atoms with Gasteiger partial charge in [-0.1, -0.05) is 36.4 Å². The molecule has 6 rings (SSSR count). The van der Waals surface area contributed by atoms with E-state index in [4.69, 9.17) is 0 Å². The van der Waals surface area contributed by atoms with Crippen LogP contribution in [0.15, 0.2) is 107 Å². The number of phenolic OH excluding ortho intramolecular Hbond substituents is 2. The molecule has 0 saturated heterocycles. The molecule has 0 aliphatic heterocycles. The summed E-state index contributed by atoms with van der Waals surface area (Å²) in [4.78, 5) is 38.8. The van der Waals surface area contributed by atoms with Crippen LogP contribution in [0.25, 0.3) is 21.5 Å². The first-order chi connectivity index (χ1) is 25.4. The Labute approximate surface area is 307 Å². The smallest absolute Gasteiger partial charge is 0.323 e. The van der Waals surface area contributed by atoms with E-state index in [2.05, 4.69) is 21.3 Å². The molecule has 4 amide bonds. The Kier molecular flexibility index (Phi) is 9.74. The molecule has 0 spiro atoms. The van der Waals surface area contributed by atoms with Crippen LogP contribution < -0.4 is 21.3 Å². The Hall–Kier alpha value is -6.53. The molecule has 0 aliphatic rings. The van der Waals surface area contributed by atoms with E-state index < -0.39 is 59.4 Å². The van der Waals surface area contributed by atoms with Gasteiger partial charge in [0.15, 0.2) is 0 Å². The Morgan fingerprint density at radius 1 is 0.500 bits per heavy atom. The maximum Gasteiger partial charge on any atom is 0.323 e. The molecular weight excluding hydrogens is 741 g/mol. The summed E-state index contributed by atoms with van der Waals surface area (Å²) in [5.74, 6) is -2.15. The number of rotatable bonds is 8. The molecule has 0 radical (unpaired) electrons. The topological polar surface area (TPSA) is 249 Å². The van der Waals surface area contributed by atoms with Crippen molar-refractivity contribution in [3.05, 3.63) is 119 Å². The lowest BCUT2D eigenvalue weighted by atomic mass is 10.1. The van der Waals surface area contributed by atoms with Gasteiger partial charge < -0.3 is 31.5 Å². The standard InChI is InChI=1S/C37H30N4O11S2/c1-19-3-9-23(15-27(19)35(44)40-31-13-7-21-5-11-25(53(47,48)49)17-29(21)33(31)42)38-37(46)39-24-10-4-20(2)28(16-24)36(45)41-32-14-8-22-6-12-26(54(50,51)52)18-30(22)34(32)43/h3-18,42-43H,1-2H3,(H,40,44)(H,41,45)(H2,38,39,46)(H,47,48,49)(H,50,51,52). The van der Waals surface area contributed by atoms with Crippen molar-refractivity contribution >= 4 is 82.4 Å². The molecule has 15 nitrogen and oxygen atoms in total. The van der Waals surface area contributed by atoms with Crippen LogP contribution >= 0.6 is 0 Å². The van der Waals surface area contributed by atoms with Crippen LogP contribution in [0.2, 0.25) is 0 Å². The molecule has 17 heteroatoms. The molecule has 0 bridgehead atoms. The van der Waals surface area contributed by atoms with Gasteiger partial charge in [-0.15, -0.1) is 0 Å². The number of fused-ring (bicyclic) bond motifs is 2. The fourth-order valence-electron chi connectivity index (χ4n) is 5.65. The molecule has 0 atom stereocenters. The van der Waals surface area contributed by atoms with Gasteiger partial charge in [0, 0.05) is 33.3 Å². The van der Waals surface area contributed by atoms with Gasteiger partial charge in [-0.2, -0.15) is 16.8 Å². The molecule has 6 aromatic carbocycles. The van der Waals surface area contributed by atoms with E-state index >= 15 is 0 Å². The quantitative estimate of drug-likeness (QED) is 0.0600. The maximum absolute atomic E-state index is 13.3. The van der Waals surface area contributed by atoms with Crippen LogP contribution in [0.5, 0.6) is 11.5 Å². The predicted octanol–water partition coefficient (Wildman–Crippen LogP) is 6.66. The van der Waals surface area contributed by atoms with Gasteiger partial charge in [0.2, 0.25) is 0 Å². The van der Waals surface area contributed by atoms with Crippen LogP contribution in [0.1, 0.15) is 31.8 Å². The summed E-state index contributed by atoms with van der Waals surface area (Å²) in [7, 11) is -9.09. The molecule has 0 fully saturated rings. The number of hydrogen-bond donors (Lipinski definition) is 8. The third-order valence-electron chi connectivity index (χ3n) is 8.50. The highest BCUT2D eigenvalue weighted by Crippen LogP contribution is 2.36. The Morgan fingerprint density at radius 3 is 1.24 bits per heavy atom. The summed E-state index contributed by atoms with van der Waals surface area (Å²) in [5.41, 5.74) is 1.71. The number of phenols is 2. The normalized spacial score (nSPS) is 11.6. The lowest BCUT2D eigenvalue weighted by Crippen LogP contribution is -2.21. The van der Waals surface area contributed by atoms with Crippen LogP contribution in [-0.2, 0) is 20.2 Å². The van der Waals surface area contributed by atoms with Crippen molar-refractivity contribution in [2.24, 2.45) is 0 Å². The first-order valence-electron chi connectivity index (χ1n) is 15.8. The van der Waals surface area contributed by atoms with Gasteiger partial charge in [0.05, 0.1) is 21.2 Å². The third kappa shape index (κ3) is 7.79. The fraction of sp³-hybridized carbons (Fsp3) is 0.0541. The van der Waals surface area contributed by atoms with Crippen LogP contribution in [0, 0.1) is 13.8 Å². The third-order valence-corrected chi connectivity index (χ3v) is 10.2. The molecule has 0 unspecified atom stereocenters. The van der Waals surface area contributed by atoms with E-state index in [-0.39, 0.29) is 44.6 Å². The highest BCUT2D eigenvalue weighted by atomic mass is 32.2. The second-order valence-electron chi connectivity index (χ2n) is 12.2. The summed E-state index contributed by atoms with van der Waals surface area (Å²) in [5, 5.41) is 33.1. The van der Waals surface area contributed by atoms with Gasteiger partial charge in [-0.05, 0) is 96.4 Å². The average Bonchev–Trinajstić information content (AvgIpc) is 3.11. The number of amides is 4. The van der Waals surface area contributed by atoms with E-state index in [1.165, 1.54) is 48.5 Å². The summed E-state index contributed by atoms with van der Waals surface area (Å²) < 4.78 is 65.2. The molecule has 0 heterocycles. The zero-order valence-electron chi connectivity index (χ0n) is 28.2. The number of carbonyl (C=O) groups is 3. The van der Waals surface area contributed by atoms with E-state index in [9.17, 15) is 50.5 Å². The fourth-order valence-corrected chi connectivity index (χ4v) is 6.66. The zero-order valence-corrected chi connectivity index (χ0v) is 29.8. The van der Waals surface area contributed by atoms with Crippen molar-refractivity contribution in [2.45, 2.75) is 23.6 Å². The summed E-state index contributed by atoms with van der Waals surface area (Å²) in [6.07, 6.45) is 0. The molecule has 0 aromatic heterocycles. The Bertz CT molecular complexity index is 2600. The molecule has 0 saturated carbocycles. The van der Waals surface area contributed by atoms with Gasteiger partial charge in [0.1, 0.15) is 11.5 Å². The lowest BCUT2D eigenvalue weighted by molar-refractivity contribution is 0.101. The average molecular weight is 771 g/mol. The van der Waals surface area contributed by atoms with Gasteiger partial charge in [-0.25, -0.2) is 4.79 Å². The van der Waals surface area contributed by atoms with Crippen molar-refractivity contribution in [2.75, 3.05) is 21.3 Å². The maximum atomic E-state index is 13.3. The number of benzene rings is 6. The minimum absolute atomic E-state index is 0.0307. The Morgan fingerprint density at radius 2 is 0.870 bits per heavy atom. The second kappa shape index (κ2) is 14.1. The number of urea groups is 1. The first-order valence-corrected chi connectivity index (χ1v) is 18.7. The predicted molar refractivity (Wildman–Crippen MR) is 202 cm³/mol. The van der Waals surface area contributed by atoms with Crippen molar-refractivity contribution < 1.29 is 50.5 Å². The van der Waals surface area contributed by atoms with Gasteiger partial charge in [-0.3, -0.25) is 18.7 Å². The lowest BCUT2D eigenvalue weighted by Gasteiger charge is -2.14. The van der Waals surface area contributed by atoms with E-state index in [1.807, 2.05) is 0 Å². The number of aromatic hydroxyl groups is 2. The summed E-state index contributed by atoms with van der Waals surface area (Å²) >= 11 is 0. The van der Waals surface area contributed by atoms with E-state index in [0.717, 1.165) is 12.1 Å². The number of hydrogen-bond acceptors (Lipinski definition) is 9. The van der Waals surface area contributed by atoms with Crippen molar-refractivity contribution in [3.63, 3.8) is 0 Å². The highest BCUT2D eigenvalue weighted by Gasteiger charge is 2.19. The molecule has 6 aromatic rings. The zero-order chi connectivity index (χ0) is 39.1. The van der Waals surface area contributed by atoms with Crippen molar-refractivity contribution in [1.29, 1.82) is 0 Å². The largest absolute Gasteiger partial charge is 0.505 e. The number of nitrogens with one attached hydrogen (secondary N) is 4. The highest BCUT2D eigenvalue weighted by molar-refractivity contribution is 7.86. The molecule has 276 valence electrons. The first kappa shape index (κ1) is 37.2. The summed E-state index contributed by atoms with van der Waals surface area (Å²) in [6.45, 7) is 3.31. The second-order valence-corrected chi connectivity index (χ2v) is 15.0. The minimum Gasteiger partial charge on any atom is -0.505 e. The van der Waals surface area contributed by atoms with Crippen molar-refractivity contribution in [3.8, 4) is 11.5 Å². The number of carbonyl (C=O) groups excluding carboxylic acids is 3. The molecular formula is C37H30N4O11S2. The number of anilines is 4. The van der Waals surface area contributed by atoms with Crippen LogP contribution in [0.4, 0.5) is 27.5 Å². The van der Waals surface area contributed by atoms with Gasteiger partial charge in [0.25, 0.3) is 32.1 Å². The Balaban J connectivity index is 1.16. The van der Waals surface area contributed by atoms with Crippen LogP contribution in [-0.4, -0.2) is 54.0 Å². The number of aryl methyl sites for hydroxylation is 2. The molecule has 54 heavy (non-hydrogen) atoms.